The molecule has 192 valence electrons. The first-order chi connectivity index (χ1) is 18.0. The van der Waals surface area contributed by atoms with Gasteiger partial charge in [-0.1, -0.05) is 72.8 Å². The number of aromatic nitrogens is 1. The first kappa shape index (κ1) is 26.5. The molecule has 0 aliphatic heterocycles. The van der Waals surface area contributed by atoms with Crippen LogP contribution in [0.15, 0.2) is 91.1 Å². The van der Waals surface area contributed by atoms with Crippen molar-refractivity contribution in [2.45, 2.75) is 25.0 Å². The quantitative estimate of drug-likeness (QED) is 0.224. The van der Waals surface area contributed by atoms with Gasteiger partial charge in [0.1, 0.15) is 0 Å². The maximum absolute atomic E-state index is 12.3. The van der Waals surface area contributed by atoms with Crippen LogP contribution in [-0.2, 0) is 17.6 Å². The van der Waals surface area contributed by atoms with Crippen molar-refractivity contribution >= 4 is 28.1 Å². The number of hydrogen-bond acceptors (Lipinski definition) is 7. The van der Waals surface area contributed by atoms with Crippen LogP contribution in [0.4, 0.5) is 10.8 Å². The minimum absolute atomic E-state index is 0.118. The number of carbonyl (C=O) groups is 1. The number of amides is 1. The summed E-state index contributed by atoms with van der Waals surface area (Å²) in [4.78, 5) is 19.2. The molecule has 4 rings (SSSR count). The Labute approximate surface area is 221 Å². The minimum Gasteiger partial charge on any atom is -0.387 e. The molecular formula is C29H32N4O3S. The zero-order valence-corrected chi connectivity index (χ0v) is 21.3. The monoisotopic (exact) mass is 516 g/mol. The van der Waals surface area contributed by atoms with Crippen molar-refractivity contribution in [2.24, 2.45) is 0 Å². The molecule has 2 atom stereocenters. The summed E-state index contributed by atoms with van der Waals surface area (Å²) in [6, 6.07) is 26.9. The number of anilines is 2. The van der Waals surface area contributed by atoms with Crippen LogP contribution >= 0.6 is 11.3 Å². The van der Waals surface area contributed by atoms with Gasteiger partial charge in [-0.25, -0.2) is 4.98 Å². The molecule has 37 heavy (non-hydrogen) atoms. The molecule has 0 aliphatic carbocycles. The maximum Gasteiger partial charge on any atom is 0.229 e. The van der Waals surface area contributed by atoms with Crippen molar-refractivity contribution in [1.29, 1.82) is 0 Å². The van der Waals surface area contributed by atoms with Gasteiger partial charge in [-0.05, 0) is 35.2 Å². The van der Waals surface area contributed by atoms with Crippen molar-refractivity contribution in [1.82, 2.24) is 9.88 Å². The van der Waals surface area contributed by atoms with E-state index in [1.807, 2.05) is 84.9 Å². The summed E-state index contributed by atoms with van der Waals surface area (Å²) in [6.45, 7) is 1.47. The number of thiazole rings is 1. The molecule has 1 amide bonds. The summed E-state index contributed by atoms with van der Waals surface area (Å²) in [7, 11) is 0. The molecule has 1 aromatic heterocycles. The molecule has 4 aromatic rings. The van der Waals surface area contributed by atoms with Gasteiger partial charge in [0.15, 0.2) is 5.13 Å². The average molecular weight is 517 g/mol. The second-order valence-electron chi connectivity index (χ2n) is 8.95. The lowest BCUT2D eigenvalue weighted by atomic mass is 10.1. The highest BCUT2D eigenvalue weighted by Gasteiger charge is 2.18. The zero-order chi connectivity index (χ0) is 26.0. The predicted octanol–water partition coefficient (Wildman–Crippen LogP) is 4.22. The predicted molar refractivity (Wildman–Crippen MR) is 148 cm³/mol. The molecule has 1 heterocycles. The normalized spacial score (nSPS) is 12.8. The van der Waals surface area contributed by atoms with Crippen LogP contribution in [0.5, 0.6) is 0 Å². The molecule has 1 unspecified atom stereocenters. The third kappa shape index (κ3) is 8.23. The van der Waals surface area contributed by atoms with Crippen LogP contribution in [0.2, 0.25) is 0 Å². The van der Waals surface area contributed by atoms with E-state index < -0.39 is 12.2 Å². The van der Waals surface area contributed by atoms with E-state index in [2.05, 4.69) is 15.2 Å². The highest BCUT2D eigenvalue weighted by molar-refractivity contribution is 7.15. The fourth-order valence-electron chi connectivity index (χ4n) is 4.12. The first-order valence-electron chi connectivity index (χ1n) is 12.2. The Morgan fingerprint density at radius 2 is 1.46 bits per heavy atom. The number of aliphatic hydroxyl groups excluding tert-OH is 2. The Balaban J connectivity index is 1.35. The van der Waals surface area contributed by atoms with Gasteiger partial charge in [0, 0.05) is 36.4 Å². The number of aliphatic hydroxyl groups is 2. The van der Waals surface area contributed by atoms with Gasteiger partial charge in [0.25, 0.3) is 0 Å². The summed E-state index contributed by atoms with van der Waals surface area (Å²) < 4.78 is 0. The Kier molecular flexibility index (Phi) is 9.40. The lowest BCUT2D eigenvalue weighted by Gasteiger charge is -2.28. The average Bonchev–Trinajstić information content (AvgIpc) is 3.33. The SMILES string of the molecule is Nc1ncc(CC(=O)Nc2ccc(CCN(CC(O)c3ccccc3)C[C@H](O)c3ccccc3)cc2)s1. The summed E-state index contributed by atoms with van der Waals surface area (Å²) in [6.07, 6.45) is 1.28. The van der Waals surface area contributed by atoms with Crippen LogP contribution in [-0.4, -0.2) is 45.6 Å². The summed E-state index contributed by atoms with van der Waals surface area (Å²) >= 11 is 1.31. The van der Waals surface area contributed by atoms with E-state index in [1.54, 1.807) is 6.20 Å². The molecule has 3 aromatic carbocycles. The van der Waals surface area contributed by atoms with E-state index >= 15 is 0 Å². The molecule has 8 heteroatoms. The van der Waals surface area contributed by atoms with Gasteiger partial charge in [0.05, 0.1) is 18.6 Å². The zero-order valence-electron chi connectivity index (χ0n) is 20.5. The Hall–Kier alpha value is -3.56. The molecule has 0 radical (unpaired) electrons. The number of nitrogens with two attached hydrogens (primary N) is 1. The second kappa shape index (κ2) is 13.1. The van der Waals surface area contributed by atoms with Crippen molar-refractivity contribution in [3.8, 4) is 0 Å². The lowest BCUT2D eigenvalue weighted by molar-refractivity contribution is -0.115. The van der Waals surface area contributed by atoms with Crippen molar-refractivity contribution in [3.63, 3.8) is 0 Å². The van der Waals surface area contributed by atoms with Crippen molar-refractivity contribution < 1.29 is 15.0 Å². The molecule has 0 bridgehead atoms. The molecule has 7 nitrogen and oxygen atoms in total. The van der Waals surface area contributed by atoms with E-state index in [0.717, 1.165) is 33.7 Å². The van der Waals surface area contributed by atoms with Gasteiger partial charge >= 0.3 is 0 Å². The van der Waals surface area contributed by atoms with E-state index in [1.165, 1.54) is 11.3 Å². The molecule has 0 saturated carbocycles. The fourth-order valence-corrected chi connectivity index (χ4v) is 4.80. The molecular weight excluding hydrogens is 484 g/mol. The van der Waals surface area contributed by atoms with Crippen molar-refractivity contribution in [2.75, 3.05) is 30.7 Å². The lowest BCUT2D eigenvalue weighted by Crippen LogP contribution is -2.34. The van der Waals surface area contributed by atoms with Gasteiger partial charge in [-0.2, -0.15) is 0 Å². The van der Waals surface area contributed by atoms with Crippen LogP contribution in [0, 0.1) is 0 Å². The fraction of sp³-hybridized carbons (Fsp3) is 0.241. The molecule has 0 saturated heterocycles. The Morgan fingerprint density at radius 3 is 1.97 bits per heavy atom. The number of carbonyl (C=O) groups excluding carboxylic acids is 1. The number of rotatable bonds is 12. The van der Waals surface area contributed by atoms with Crippen LogP contribution in [0.3, 0.4) is 0 Å². The molecule has 0 spiro atoms. The largest absolute Gasteiger partial charge is 0.387 e. The topological polar surface area (TPSA) is 112 Å². The Bertz CT molecular complexity index is 1200. The smallest absolute Gasteiger partial charge is 0.229 e. The molecule has 0 fully saturated rings. The number of nitrogens with zero attached hydrogens (tertiary/aromatic N) is 2. The van der Waals surface area contributed by atoms with Gasteiger partial charge < -0.3 is 21.3 Å². The van der Waals surface area contributed by atoms with Gasteiger partial charge in [-0.15, -0.1) is 11.3 Å². The molecule has 5 N–H and O–H groups in total. The highest BCUT2D eigenvalue weighted by Crippen LogP contribution is 2.20. The van der Waals surface area contributed by atoms with Gasteiger partial charge in [-0.3, -0.25) is 9.69 Å². The van der Waals surface area contributed by atoms with Crippen LogP contribution < -0.4 is 11.1 Å². The number of nitrogens with one attached hydrogen (secondary N) is 1. The van der Waals surface area contributed by atoms with E-state index in [4.69, 9.17) is 5.73 Å². The maximum atomic E-state index is 12.3. The standard InChI is InChI=1S/C29H32N4O3S/c30-29-31-18-25(37-29)17-28(36)32-24-13-11-21(12-14-24)15-16-33(19-26(34)22-7-3-1-4-8-22)20-27(35)23-9-5-2-6-10-23/h1-14,18,26-27,34-35H,15-17,19-20H2,(H2,30,31)(H,32,36)/t26-,27?/m0/s1. The van der Waals surface area contributed by atoms with Crippen LogP contribution in [0.25, 0.3) is 0 Å². The van der Waals surface area contributed by atoms with E-state index in [-0.39, 0.29) is 12.3 Å². The number of hydrogen-bond donors (Lipinski definition) is 4. The summed E-state index contributed by atoms with van der Waals surface area (Å²) in [5.74, 6) is -0.118. The van der Waals surface area contributed by atoms with Crippen LogP contribution in [0.1, 0.15) is 33.8 Å². The minimum atomic E-state index is -0.657. The van der Waals surface area contributed by atoms with Gasteiger partial charge in [0.2, 0.25) is 5.91 Å². The van der Waals surface area contributed by atoms with E-state index in [0.29, 0.717) is 24.8 Å². The third-order valence-corrected chi connectivity index (χ3v) is 6.92. The third-order valence-electron chi connectivity index (χ3n) is 6.09. The molecule has 0 aliphatic rings. The number of benzene rings is 3. The number of nitrogen functional groups attached to an aromatic ring is 1. The Morgan fingerprint density at radius 1 is 0.892 bits per heavy atom. The van der Waals surface area contributed by atoms with Crippen molar-refractivity contribution in [3.05, 3.63) is 113 Å². The summed E-state index contributed by atoms with van der Waals surface area (Å²) in [5.41, 5.74) is 9.15. The second-order valence-corrected chi connectivity index (χ2v) is 10.1. The first-order valence-corrected chi connectivity index (χ1v) is 13.1. The highest BCUT2D eigenvalue weighted by atomic mass is 32.1. The van der Waals surface area contributed by atoms with E-state index in [9.17, 15) is 15.0 Å². The summed E-state index contributed by atoms with van der Waals surface area (Å²) in [5, 5.41) is 25.0.